The molecule has 0 spiro atoms. The number of pyridine rings is 1. The Balaban J connectivity index is 1.46. The van der Waals surface area contributed by atoms with Crippen LogP contribution >= 0.6 is 27.5 Å². The molecule has 170 valence electrons. The highest BCUT2D eigenvalue weighted by molar-refractivity contribution is 9.10. The van der Waals surface area contributed by atoms with E-state index in [1.54, 1.807) is 31.4 Å². The van der Waals surface area contributed by atoms with E-state index in [9.17, 15) is 4.79 Å². The molecule has 0 radical (unpaired) electrons. The molecule has 2 heterocycles. The number of nitrogens with one attached hydrogen (secondary N) is 3. The van der Waals surface area contributed by atoms with Crippen LogP contribution < -0.4 is 15.4 Å². The topological polar surface area (TPSA) is 79.0 Å². The zero-order valence-corrected chi connectivity index (χ0v) is 20.5. The summed E-state index contributed by atoms with van der Waals surface area (Å²) in [4.78, 5) is 20.7. The van der Waals surface area contributed by atoms with Crippen LogP contribution in [-0.4, -0.2) is 23.1 Å². The number of H-pyrrole nitrogens is 1. The van der Waals surface area contributed by atoms with Crippen LogP contribution in [0.1, 0.15) is 5.56 Å². The third-order valence-electron chi connectivity index (χ3n) is 5.56. The Labute approximate surface area is 209 Å². The third-order valence-corrected chi connectivity index (χ3v) is 6.29. The number of urea groups is 1. The van der Waals surface area contributed by atoms with Crippen LogP contribution in [0.2, 0.25) is 5.02 Å². The molecule has 0 aliphatic rings. The number of aromatic amines is 1. The Morgan fingerprint density at radius 1 is 1.06 bits per heavy atom. The van der Waals surface area contributed by atoms with Gasteiger partial charge in [0.05, 0.1) is 18.3 Å². The molecule has 5 rings (SSSR count). The normalized spacial score (nSPS) is 11.0. The summed E-state index contributed by atoms with van der Waals surface area (Å²) in [5, 5.41) is 8.38. The molecule has 0 saturated heterocycles. The fourth-order valence-corrected chi connectivity index (χ4v) is 4.42. The van der Waals surface area contributed by atoms with Gasteiger partial charge in [0.25, 0.3) is 0 Å². The minimum Gasteiger partial charge on any atom is -0.497 e. The zero-order valence-electron chi connectivity index (χ0n) is 18.2. The van der Waals surface area contributed by atoms with Gasteiger partial charge >= 0.3 is 6.03 Å². The highest BCUT2D eigenvalue weighted by Gasteiger charge is 2.13. The summed E-state index contributed by atoms with van der Waals surface area (Å²) >= 11 is 9.81. The number of carbonyl (C=O) groups is 1. The minimum atomic E-state index is -0.304. The van der Waals surface area contributed by atoms with Crippen molar-refractivity contribution in [2.45, 2.75) is 6.54 Å². The van der Waals surface area contributed by atoms with Gasteiger partial charge < -0.3 is 20.4 Å². The van der Waals surface area contributed by atoms with Gasteiger partial charge in [-0.2, -0.15) is 0 Å². The maximum atomic E-state index is 12.6. The summed E-state index contributed by atoms with van der Waals surface area (Å²) in [6, 6.07) is 20.5. The van der Waals surface area contributed by atoms with E-state index in [-0.39, 0.29) is 6.03 Å². The van der Waals surface area contributed by atoms with Gasteiger partial charge in [0, 0.05) is 49.8 Å². The van der Waals surface area contributed by atoms with Crippen LogP contribution in [0.25, 0.3) is 33.1 Å². The van der Waals surface area contributed by atoms with Crippen molar-refractivity contribution in [1.82, 2.24) is 15.3 Å². The van der Waals surface area contributed by atoms with E-state index in [2.05, 4.69) is 37.6 Å². The third kappa shape index (κ3) is 4.58. The lowest BCUT2D eigenvalue weighted by Gasteiger charge is -2.12. The van der Waals surface area contributed by atoms with Crippen molar-refractivity contribution in [2.75, 3.05) is 12.4 Å². The lowest BCUT2D eigenvalue weighted by molar-refractivity contribution is 0.252. The average Bonchev–Trinajstić information content (AvgIpc) is 3.25. The molecule has 3 aromatic carbocycles. The molecule has 0 bridgehead atoms. The molecular formula is C26H20BrClN4O2. The molecule has 0 aliphatic heterocycles. The fourth-order valence-electron chi connectivity index (χ4n) is 3.89. The number of aromatic nitrogens is 2. The number of methoxy groups -OCH3 is 1. The van der Waals surface area contributed by atoms with Gasteiger partial charge in [0.2, 0.25) is 0 Å². The molecule has 0 atom stereocenters. The molecule has 34 heavy (non-hydrogen) atoms. The largest absolute Gasteiger partial charge is 0.497 e. The molecule has 3 N–H and O–H groups in total. The van der Waals surface area contributed by atoms with Crippen molar-refractivity contribution >= 4 is 61.1 Å². The van der Waals surface area contributed by atoms with Gasteiger partial charge in [-0.1, -0.05) is 33.6 Å². The quantitative estimate of drug-likeness (QED) is 0.224. The first-order valence-electron chi connectivity index (χ1n) is 10.6. The van der Waals surface area contributed by atoms with E-state index in [0.717, 1.165) is 48.8 Å². The van der Waals surface area contributed by atoms with Crippen LogP contribution in [-0.2, 0) is 6.54 Å². The van der Waals surface area contributed by atoms with Gasteiger partial charge in [-0.05, 0) is 66.2 Å². The maximum Gasteiger partial charge on any atom is 0.319 e. The average molecular weight is 536 g/mol. The van der Waals surface area contributed by atoms with Crippen molar-refractivity contribution in [2.24, 2.45) is 0 Å². The molecular weight excluding hydrogens is 516 g/mol. The lowest BCUT2D eigenvalue weighted by atomic mass is 10.0. The van der Waals surface area contributed by atoms with Crippen molar-refractivity contribution in [3.05, 3.63) is 88.0 Å². The number of ether oxygens (including phenoxy) is 1. The lowest BCUT2D eigenvalue weighted by Crippen LogP contribution is -2.28. The van der Waals surface area contributed by atoms with Crippen LogP contribution in [0.4, 0.5) is 10.5 Å². The molecule has 2 aromatic heterocycles. The first kappa shape index (κ1) is 22.3. The molecule has 2 amide bonds. The summed E-state index contributed by atoms with van der Waals surface area (Å²) in [5.74, 6) is 0.727. The monoisotopic (exact) mass is 534 g/mol. The highest BCUT2D eigenvalue weighted by Crippen LogP contribution is 2.32. The number of hydrogen-bond donors (Lipinski definition) is 3. The fraction of sp³-hybridized carbons (Fsp3) is 0.0769. The van der Waals surface area contributed by atoms with Gasteiger partial charge in [-0.3, -0.25) is 0 Å². The summed E-state index contributed by atoms with van der Waals surface area (Å²) < 4.78 is 6.14. The van der Waals surface area contributed by atoms with Gasteiger partial charge in [-0.15, -0.1) is 0 Å². The summed E-state index contributed by atoms with van der Waals surface area (Å²) in [7, 11) is 1.60. The SMILES string of the molecule is COc1ccc(NC(=O)NCc2cc(-c3c[nH]c4ccc(Br)cc34)nc3cc(Cl)ccc23)cc1. The molecule has 8 heteroatoms. The predicted molar refractivity (Wildman–Crippen MR) is 141 cm³/mol. The number of anilines is 1. The number of carbonyl (C=O) groups excluding carboxylic acids is 1. The number of fused-ring (bicyclic) bond motifs is 2. The van der Waals surface area contributed by atoms with E-state index >= 15 is 0 Å². The number of amides is 2. The predicted octanol–water partition coefficient (Wildman–Crippen LogP) is 7.13. The number of halogens is 2. The van der Waals surface area contributed by atoms with Gasteiger partial charge in [-0.25, -0.2) is 9.78 Å². The second-order valence-electron chi connectivity index (χ2n) is 7.76. The van der Waals surface area contributed by atoms with Crippen molar-refractivity contribution in [3.63, 3.8) is 0 Å². The van der Waals surface area contributed by atoms with Crippen LogP contribution in [0, 0.1) is 0 Å². The van der Waals surface area contributed by atoms with Crippen LogP contribution in [0.15, 0.2) is 77.4 Å². The van der Waals surface area contributed by atoms with Crippen LogP contribution in [0.5, 0.6) is 5.75 Å². The molecule has 0 saturated carbocycles. The number of nitrogens with zero attached hydrogens (tertiary/aromatic N) is 1. The zero-order chi connectivity index (χ0) is 23.7. The highest BCUT2D eigenvalue weighted by atomic mass is 79.9. The summed E-state index contributed by atoms with van der Waals surface area (Å²) in [6.45, 7) is 0.321. The first-order chi connectivity index (χ1) is 16.5. The Morgan fingerprint density at radius 3 is 2.68 bits per heavy atom. The van der Waals surface area contributed by atoms with E-state index in [4.69, 9.17) is 21.3 Å². The minimum absolute atomic E-state index is 0.304. The number of rotatable bonds is 5. The summed E-state index contributed by atoms with van der Waals surface area (Å²) in [5.41, 5.74) is 5.17. The smallest absolute Gasteiger partial charge is 0.319 e. The Morgan fingerprint density at radius 2 is 1.88 bits per heavy atom. The van der Waals surface area contributed by atoms with E-state index < -0.39 is 0 Å². The Bertz CT molecular complexity index is 1520. The molecule has 0 unspecified atom stereocenters. The maximum absolute atomic E-state index is 12.6. The van der Waals surface area contributed by atoms with Crippen molar-refractivity contribution in [1.29, 1.82) is 0 Å². The van der Waals surface area contributed by atoms with Crippen molar-refractivity contribution < 1.29 is 9.53 Å². The second-order valence-corrected chi connectivity index (χ2v) is 9.11. The second kappa shape index (κ2) is 9.37. The molecule has 6 nitrogen and oxygen atoms in total. The van der Waals surface area contributed by atoms with Gasteiger partial charge in [0.1, 0.15) is 5.75 Å². The first-order valence-corrected chi connectivity index (χ1v) is 11.7. The van der Waals surface area contributed by atoms with Crippen molar-refractivity contribution in [3.8, 4) is 17.0 Å². The molecule has 0 aliphatic carbocycles. The Kier molecular flexibility index (Phi) is 6.13. The molecule has 5 aromatic rings. The van der Waals surface area contributed by atoms with E-state index in [0.29, 0.717) is 17.3 Å². The molecule has 0 fully saturated rings. The van der Waals surface area contributed by atoms with Gasteiger partial charge in [0.15, 0.2) is 0 Å². The summed E-state index contributed by atoms with van der Waals surface area (Å²) in [6.07, 6.45) is 1.95. The standard InChI is InChI=1S/C26H20BrClN4O2/c1-34-19-6-4-18(5-7-19)31-26(33)30-13-15-10-24(32-25-12-17(28)3-8-20(15)25)22-14-29-23-9-2-16(27)11-21(22)23/h2-12,14,29H,13H2,1H3,(H2,30,31,33). The number of benzene rings is 3. The van der Waals surface area contributed by atoms with E-state index in [1.165, 1.54) is 0 Å². The Hall–Kier alpha value is -3.55. The number of hydrogen-bond acceptors (Lipinski definition) is 3. The van der Waals surface area contributed by atoms with Crippen LogP contribution in [0.3, 0.4) is 0 Å². The van der Waals surface area contributed by atoms with E-state index in [1.807, 2.05) is 42.6 Å².